The molecule has 7 heteroatoms. The van der Waals surface area contributed by atoms with Crippen molar-refractivity contribution in [3.05, 3.63) is 60.0 Å². The number of hydrogen-bond donors (Lipinski definition) is 1. The summed E-state index contributed by atoms with van der Waals surface area (Å²) in [5.41, 5.74) is 1.73. The van der Waals surface area contributed by atoms with Gasteiger partial charge in [0.1, 0.15) is 16.9 Å². The number of fused-ring (bicyclic) bond motifs is 1. The van der Waals surface area contributed by atoms with Crippen LogP contribution in [0.3, 0.4) is 0 Å². The Morgan fingerprint density at radius 1 is 1.22 bits per heavy atom. The summed E-state index contributed by atoms with van der Waals surface area (Å²) in [6, 6.07) is 13.3. The highest BCUT2D eigenvalue weighted by Gasteiger charge is 2.49. The van der Waals surface area contributed by atoms with Crippen LogP contribution in [0.25, 0.3) is 11.5 Å². The third-order valence-corrected chi connectivity index (χ3v) is 6.72. The van der Waals surface area contributed by atoms with Crippen molar-refractivity contribution in [1.29, 1.82) is 0 Å². The van der Waals surface area contributed by atoms with Crippen LogP contribution in [0.5, 0.6) is 0 Å². The number of hydrogen-bond acceptors (Lipinski definition) is 4. The number of para-hydroxylation sites is 1. The van der Waals surface area contributed by atoms with E-state index in [-0.39, 0.29) is 24.4 Å². The first-order valence-corrected chi connectivity index (χ1v) is 11.4. The number of benzene rings is 1. The van der Waals surface area contributed by atoms with E-state index in [2.05, 4.69) is 17.3 Å². The van der Waals surface area contributed by atoms with Crippen LogP contribution in [0, 0.1) is 0 Å². The number of anilines is 1. The van der Waals surface area contributed by atoms with E-state index in [1.165, 1.54) is 0 Å². The van der Waals surface area contributed by atoms with Crippen LogP contribution in [0.1, 0.15) is 55.6 Å². The summed E-state index contributed by atoms with van der Waals surface area (Å²) < 4.78 is 7.14. The third kappa shape index (κ3) is 3.32. The number of carbonyl (C=O) groups excluding carboxylic acids is 2. The van der Waals surface area contributed by atoms with Gasteiger partial charge in [-0.1, -0.05) is 38.0 Å². The molecule has 0 bridgehead atoms. The fraction of sp³-hybridized carbons (Fsp3) is 0.400. The number of aryl methyl sites for hydroxylation is 1. The minimum atomic E-state index is -1.11. The summed E-state index contributed by atoms with van der Waals surface area (Å²) in [6.45, 7) is 4.17. The first-order chi connectivity index (χ1) is 15.5. The minimum Gasteiger partial charge on any atom is -0.463 e. The van der Waals surface area contributed by atoms with Crippen molar-refractivity contribution in [3.8, 4) is 11.5 Å². The third-order valence-electron chi connectivity index (χ3n) is 6.72. The second-order valence-electron chi connectivity index (χ2n) is 8.90. The number of furan rings is 1. The predicted octanol–water partition coefficient (Wildman–Crippen LogP) is 4.18. The van der Waals surface area contributed by atoms with Crippen LogP contribution in [0.2, 0.25) is 0 Å². The Labute approximate surface area is 187 Å². The van der Waals surface area contributed by atoms with Crippen LogP contribution >= 0.6 is 0 Å². The second kappa shape index (κ2) is 7.97. The molecule has 1 aliphatic carbocycles. The molecule has 7 nitrogen and oxygen atoms in total. The Kier molecular flexibility index (Phi) is 5.12. The molecule has 0 radical (unpaired) electrons. The summed E-state index contributed by atoms with van der Waals surface area (Å²) in [5, 5.41) is 7.84. The predicted molar refractivity (Wildman–Crippen MR) is 121 cm³/mol. The average Bonchev–Trinajstić information content (AvgIpc) is 3.55. The number of nitrogens with zero attached hydrogens (tertiary/aromatic N) is 3. The van der Waals surface area contributed by atoms with E-state index < -0.39 is 5.54 Å². The molecule has 2 aromatic heterocycles. The molecular weight excluding hydrogens is 404 g/mol. The summed E-state index contributed by atoms with van der Waals surface area (Å²) in [7, 11) is 0. The zero-order chi connectivity index (χ0) is 22.3. The van der Waals surface area contributed by atoms with Crippen LogP contribution in [-0.2, 0) is 17.8 Å². The monoisotopic (exact) mass is 432 g/mol. The van der Waals surface area contributed by atoms with Gasteiger partial charge in [0.2, 0.25) is 5.91 Å². The van der Waals surface area contributed by atoms with Gasteiger partial charge >= 0.3 is 0 Å². The molecule has 1 aromatic carbocycles. The van der Waals surface area contributed by atoms with Gasteiger partial charge in [0.15, 0.2) is 5.76 Å². The van der Waals surface area contributed by atoms with Gasteiger partial charge < -0.3 is 9.73 Å². The molecule has 0 saturated heterocycles. The normalized spacial score (nSPS) is 21.1. The van der Waals surface area contributed by atoms with Gasteiger partial charge in [0.05, 0.1) is 12.8 Å². The van der Waals surface area contributed by atoms with E-state index >= 15 is 0 Å². The Morgan fingerprint density at radius 2 is 2.00 bits per heavy atom. The van der Waals surface area contributed by atoms with Crippen molar-refractivity contribution in [2.45, 2.75) is 64.1 Å². The minimum absolute atomic E-state index is 0.135. The Morgan fingerprint density at radius 3 is 2.72 bits per heavy atom. The van der Waals surface area contributed by atoms with Gasteiger partial charge in [0, 0.05) is 17.8 Å². The van der Waals surface area contributed by atoms with E-state index in [9.17, 15) is 9.59 Å². The molecule has 3 aromatic rings. The molecule has 166 valence electrons. The van der Waals surface area contributed by atoms with Crippen molar-refractivity contribution >= 4 is 17.5 Å². The number of nitrogens with one attached hydrogen (secondary N) is 1. The van der Waals surface area contributed by atoms with Crippen molar-refractivity contribution in [1.82, 2.24) is 15.1 Å². The maximum absolute atomic E-state index is 13.9. The standard InChI is InChI=1S/C25H28N4O3/c1-3-17-9-4-7-12-20(17)29-23(30)21-15-19(22-13-8-14-32-22)27-28(21)16-25(29,2)24(31)26-18-10-5-6-11-18/h4,7-9,12-15,18H,3,5-6,10-11,16H2,1-2H3,(H,26,31)/t25-/m0/s1. The van der Waals surface area contributed by atoms with E-state index in [0.29, 0.717) is 17.1 Å². The average molecular weight is 433 g/mol. The summed E-state index contributed by atoms with van der Waals surface area (Å²) in [6.07, 6.45) is 6.56. The molecule has 2 aliphatic rings. The summed E-state index contributed by atoms with van der Waals surface area (Å²) in [4.78, 5) is 29.2. The molecule has 2 amide bonds. The van der Waals surface area contributed by atoms with Gasteiger partial charge in [-0.2, -0.15) is 5.10 Å². The molecule has 32 heavy (non-hydrogen) atoms. The van der Waals surface area contributed by atoms with E-state index in [0.717, 1.165) is 43.4 Å². The smallest absolute Gasteiger partial charge is 0.277 e. The maximum Gasteiger partial charge on any atom is 0.277 e. The van der Waals surface area contributed by atoms with Gasteiger partial charge in [-0.05, 0) is 49.9 Å². The molecule has 1 fully saturated rings. The fourth-order valence-electron chi connectivity index (χ4n) is 4.94. The fourth-order valence-corrected chi connectivity index (χ4v) is 4.94. The number of amides is 2. The quantitative estimate of drug-likeness (QED) is 0.656. The number of aromatic nitrogens is 2. The van der Waals surface area contributed by atoms with Crippen molar-refractivity contribution in [2.75, 3.05) is 4.90 Å². The molecule has 3 heterocycles. The van der Waals surface area contributed by atoms with Gasteiger partial charge in [-0.15, -0.1) is 0 Å². The summed E-state index contributed by atoms with van der Waals surface area (Å²) in [5.74, 6) is 0.230. The lowest BCUT2D eigenvalue weighted by Crippen LogP contribution is -2.65. The summed E-state index contributed by atoms with van der Waals surface area (Å²) >= 11 is 0. The first-order valence-electron chi connectivity index (χ1n) is 11.4. The van der Waals surface area contributed by atoms with Gasteiger partial charge in [-0.25, -0.2) is 0 Å². The second-order valence-corrected chi connectivity index (χ2v) is 8.90. The number of carbonyl (C=O) groups is 2. The van der Waals surface area contributed by atoms with E-state index in [1.807, 2.05) is 37.3 Å². The van der Waals surface area contributed by atoms with Crippen LogP contribution in [-0.4, -0.2) is 33.2 Å². The van der Waals surface area contributed by atoms with Crippen molar-refractivity contribution in [3.63, 3.8) is 0 Å². The van der Waals surface area contributed by atoms with Crippen LogP contribution in [0.15, 0.2) is 53.1 Å². The Hall–Kier alpha value is -3.35. The molecule has 5 rings (SSSR count). The lowest BCUT2D eigenvalue weighted by Gasteiger charge is -2.44. The van der Waals surface area contributed by atoms with Crippen LogP contribution < -0.4 is 10.2 Å². The van der Waals surface area contributed by atoms with Gasteiger partial charge in [0.25, 0.3) is 5.91 Å². The van der Waals surface area contributed by atoms with Crippen molar-refractivity contribution in [2.24, 2.45) is 0 Å². The molecule has 0 unspecified atom stereocenters. The van der Waals surface area contributed by atoms with E-state index in [1.54, 1.807) is 28.0 Å². The lowest BCUT2D eigenvalue weighted by molar-refractivity contribution is -0.127. The Balaban J connectivity index is 1.61. The maximum atomic E-state index is 13.9. The number of rotatable bonds is 5. The zero-order valence-electron chi connectivity index (χ0n) is 18.5. The largest absolute Gasteiger partial charge is 0.463 e. The highest BCUT2D eigenvalue weighted by atomic mass is 16.3. The van der Waals surface area contributed by atoms with Crippen molar-refractivity contribution < 1.29 is 14.0 Å². The van der Waals surface area contributed by atoms with Gasteiger partial charge in [-0.3, -0.25) is 19.2 Å². The van der Waals surface area contributed by atoms with Crippen LogP contribution in [0.4, 0.5) is 5.69 Å². The molecular formula is C25H28N4O3. The molecule has 1 saturated carbocycles. The molecule has 1 atom stereocenters. The van der Waals surface area contributed by atoms with E-state index in [4.69, 9.17) is 4.42 Å². The highest BCUT2D eigenvalue weighted by Crippen LogP contribution is 2.36. The zero-order valence-corrected chi connectivity index (χ0v) is 18.5. The first kappa shape index (κ1) is 20.5. The highest BCUT2D eigenvalue weighted by molar-refractivity contribution is 6.12. The molecule has 1 N–H and O–H groups in total. The topological polar surface area (TPSA) is 80.4 Å². The lowest BCUT2D eigenvalue weighted by atomic mass is 9.92. The Bertz CT molecular complexity index is 1140. The molecule has 0 spiro atoms. The SMILES string of the molecule is CCc1ccccc1N1C(=O)c2cc(-c3ccco3)nn2C[C@@]1(C)C(=O)NC1CCCC1. The molecule has 1 aliphatic heterocycles.